The first-order valence-corrected chi connectivity index (χ1v) is 38.3. The van der Waals surface area contributed by atoms with Gasteiger partial charge in [0.25, 0.3) is 0 Å². The first kappa shape index (κ1) is 61.2. The molecule has 25 rings (SSSR count). The first-order valence-electron chi connectivity index (χ1n) is 38.3. The average Bonchev–Trinajstić information content (AvgIpc) is 1.51. The lowest BCUT2D eigenvalue weighted by Crippen LogP contribution is -2.14. The van der Waals surface area contributed by atoms with Gasteiger partial charge in [-0.1, -0.05) is 213 Å². The van der Waals surface area contributed by atoms with Crippen molar-refractivity contribution in [3.05, 3.63) is 331 Å². The summed E-state index contributed by atoms with van der Waals surface area (Å²) in [5.74, 6) is 0. The maximum absolute atomic E-state index is 7.57. The van der Waals surface area contributed by atoms with Crippen molar-refractivity contribution in [2.45, 2.75) is 20.8 Å². The van der Waals surface area contributed by atoms with Crippen molar-refractivity contribution < 1.29 is 17.7 Å². The fourth-order valence-electron chi connectivity index (χ4n) is 19.6. The molecular weight excluding hydrogens is 1370 g/mol. The third kappa shape index (κ3) is 8.09. The van der Waals surface area contributed by atoms with E-state index in [2.05, 4.69) is 353 Å². The van der Waals surface area contributed by atoms with Gasteiger partial charge in [0, 0.05) is 114 Å². The van der Waals surface area contributed by atoms with Crippen LogP contribution < -0.4 is 15.0 Å². The van der Waals surface area contributed by atoms with Crippen molar-refractivity contribution in [2.24, 2.45) is 0 Å². The van der Waals surface area contributed by atoms with Crippen LogP contribution in [0.1, 0.15) is 23.6 Å². The Morgan fingerprint density at radius 1 is 0.304 bits per heavy atom. The first-order chi connectivity index (χ1) is 55.3. The Hall–Kier alpha value is -14.8. The van der Waals surface area contributed by atoms with Crippen LogP contribution in [0.5, 0.6) is 0 Å². The van der Waals surface area contributed by atoms with Gasteiger partial charge in [0.1, 0.15) is 33.4 Å². The van der Waals surface area contributed by atoms with Gasteiger partial charge in [0.05, 0.1) is 55.8 Å². The lowest BCUT2D eigenvalue weighted by molar-refractivity contribution is 0.669. The molecule has 0 radical (unpaired) electrons. The maximum atomic E-state index is 7.57. The van der Waals surface area contributed by atoms with Crippen molar-refractivity contribution in [3.63, 3.8) is 0 Å². The van der Waals surface area contributed by atoms with E-state index in [9.17, 15) is 0 Å². The number of nitrogens with zero attached hydrogens (tertiary/aromatic N) is 5. The molecule has 9 heteroatoms. The van der Waals surface area contributed by atoms with Gasteiger partial charge in [0.2, 0.25) is 0 Å². The fourth-order valence-corrected chi connectivity index (χ4v) is 19.6. The van der Waals surface area contributed by atoms with Crippen molar-refractivity contribution >= 4 is 233 Å². The smallest absolute Gasteiger partial charge is 0.160 e. The normalized spacial score (nSPS) is 12.6. The second kappa shape index (κ2) is 22.4. The monoisotopic (exact) mass is 1430 g/mol. The predicted octanol–water partition coefficient (Wildman–Crippen LogP) is 28.6. The lowest BCUT2D eigenvalue weighted by Gasteiger charge is -2.28. The number of hydrogen-bond acceptors (Lipinski definition) is 6. The summed E-state index contributed by atoms with van der Waals surface area (Å²) in [5.41, 5.74) is 27.0. The van der Waals surface area contributed by atoms with Crippen molar-refractivity contribution in [2.75, 3.05) is 9.80 Å². The highest BCUT2D eigenvalue weighted by atomic mass is 16.3. The van der Waals surface area contributed by atoms with E-state index in [0.29, 0.717) is 0 Å². The summed E-state index contributed by atoms with van der Waals surface area (Å²) in [6, 6.07) is 110. The van der Waals surface area contributed by atoms with E-state index in [0.717, 1.165) is 199 Å². The summed E-state index contributed by atoms with van der Waals surface area (Å²) in [5, 5.41) is 20.6. The summed E-state index contributed by atoms with van der Waals surface area (Å²) in [6.07, 6.45) is 4.41. The lowest BCUT2D eigenvalue weighted by atomic mass is 9.98. The summed E-state index contributed by atoms with van der Waals surface area (Å²) in [4.78, 5) is 4.83. The molecule has 0 atom stereocenters. The second-order valence-corrected chi connectivity index (χ2v) is 30.2. The second-order valence-electron chi connectivity index (χ2n) is 30.2. The average molecular weight is 1430 g/mol. The van der Waals surface area contributed by atoms with Gasteiger partial charge in [-0.05, 0) is 163 Å². The molecule has 0 aliphatic carbocycles. The number of aryl methyl sites for hydroxylation is 2. The molecule has 9 aromatic heterocycles. The number of benzene rings is 16. The fraction of sp³-hybridized carbons (Fsp3) is 0.0291. The topological polar surface area (TPSA) is 72.8 Å². The van der Waals surface area contributed by atoms with Crippen LogP contribution in [0.3, 0.4) is 0 Å². The van der Waals surface area contributed by atoms with Crippen LogP contribution in [-0.2, 0) is 0 Å². The minimum Gasteiger partial charge on any atom is -0.454 e. The summed E-state index contributed by atoms with van der Waals surface area (Å²) in [7, 11) is 0. The summed E-state index contributed by atoms with van der Waals surface area (Å²) < 4.78 is 36.7. The zero-order chi connectivity index (χ0) is 73.6. The summed E-state index contributed by atoms with van der Waals surface area (Å²) in [6.45, 7) is 11.8. The molecule has 524 valence electrons. The van der Waals surface area contributed by atoms with E-state index in [1.54, 1.807) is 0 Å². The number of allylic oxidation sites excluding steroid dienone is 1. The van der Waals surface area contributed by atoms with Gasteiger partial charge in [-0.25, -0.2) is 0 Å². The van der Waals surface area contributed by atoms with Crippen LogP contribution in [-0.4, -0.2) is 13.4 Å². The molecule has 0 spiro atoms. The highest BCUT2D eigenvalue weighted by Gasteiger charge is 2.34. The molecule has 9 nitrogen and oxygen atoms in total. The Kier molecular flexibility index (Phi) is 12.3. The molecular formula is C103H63N5O4. The minimum atomic E-state index is 0.738. The third-order valence-electron chi connectivity index (χ3n) is 24.3. The maximum Gasteiger partial charge on any atom is 0.160 e. The Bertz CT molecular complexity index is 8560. The van der Waals surface area contributed by atoms with E-state index in [-0.39, 0.29) is 0 Å². The molecule has 9 heterocycles. The summed E-state index contributed by atoms with van der Waals surface area (Å²) >= 11 is 0. The van der Waals surface area contributed by atoms with Gasteiger partial charge in [-0.15, -0.1) is 0 Å². The largest absolute Gasteiger partial charge is 0.454 e. The van der Waals surface area contributed by atoms with E-state index < -0.39 is 0 Å². The number of anilines is 6. The molecule has 16 aromatic carbocycles. The number of rotatable bonds is 9. The van der Waals surface area contributed by atoms with Crippen LogP contribution in [0.4, 0.5) is 34.1 Å². The zero-order valence-electron chi connectivity index (χ0n) is 61.1. The Labute approximate surface area is 638 Å². The highest BCUT2D eigenvalue weighted by molar-refractivity contribution is 6.30. The molecule has 25 aromatic rings. The van der Waals surface area contributed by atoms with Gasteiger partial charge >= 0.3 is 0 Å². The molecule has 0 saturated carbocycles. The third-order valence-corrected chi connectivity index (χ3v) is 24.3. The quantitative estimate of drug-likeness (QED) is 0.143. The van der Waals surface area contributed by atoms with Gasteiger partial charge in [-0.2, -0.15) is 0 Å². The molecule has 112 heavy (non-hydrogen) atoms. The van der Waals surface area contributed by atoms with E-state index in [4.69, 9.17) is 24.2 Å². The van der Waals surface area contributed by atoms with E-state index in [1.165, 1.54) is 59.6 Å². The minimum absolute atomic E-state index is 0.738. The van der Waals surface area contributed by atoms with Crippen molar-refractivity contribution in [1.82, 2.24) is 13.4 Å². The predicted molar refractivity (Wildman–Crippen MR) is 468 cm³/mol. The van der Waals surface area contributed by atoms with Gasteiger partial charge < -0.3 is 40.8 Å². The zero-order valence-corrected chi connectivity index (χ0v) is 61.1. The molecule has 0 N–H and O–H groups in total. The van der Waals surface area contributed by atoms with E-state index >= 15 is 0 Å². The SMILES string of the molecule is C=c1c2c(N(c3ccccc3C)c3cccc4c3oc3cc(-c5cccc6c5c5ccccc5n6-c5ccc6cc7c(cc6c5)c5cccc6c8ccccc8n7c65)ccc34)cc3c4ccccc4oc3c2n2c1c(/C=C\C)c1c(N(c3ccccc3C)c3cccc4c3oc3ccccc34)cc3c4ccccc4oc3c12. The molecule has 0 bridgehead atoms. The van der Waals surface area contributed by atoms with Crippen LogP contribution >= 0.6 is 0 Å². The molecule has 0 amide bonds. The standard InChI is InChI=1S/C103H63N5O4/c1-5-24-75-95-88(106(80-38-14-7-26-58(80)3)84-42-22-35-72-66-28-10-17-44-89(66)109-100(72)84)56-78-68-30-12-19-46-91(68)111-103(78)99(95)108-96(75)59(4)93-87(55-77-67-29-11-18-45-90(67)110-102(77)98(93)108)105(79-37-13-6-25-57(79)2)85-43-23-36-73-69-50-48-61(54-92(69)112-101(73)85)64-32-21-41-83-94(64)74-31-9-16-40-82(74)104(83)63-49-47-60-53-86-76(52-62(60)51-63)71-34-20-33-70-65-27-8-15-39-81(65)107(86)97(70)71/h5-56H,4H2,1-3H3/b24-5-. The number of hydrogen-bond donors (Lipinski definition) is 0. The van der Waals surface area contributed by atoms with Crippen LogP contribution in [0, 0.1) is 13.8 Å². The van der Waals surface area contributed by atoms with Crippen molar-refractivity contribution in [3.8, 4) is 16.8 Å². The molecule has 0 unspecified atom stereocenters. The number of aromatic nitrogens is 3. The number of fused-ring (bicyclic) bond motifs is 29. The van der Waals surface area contributed by atoms with Crippen LogP contribution in [0.2, 0.25) is 0 Å². The molecule has 0 aliphatic heterocycles. The number of furan rings is 4. The Morgan fingerprint density at radius 3 is 1.46 bits per heavy atom. The van der Waals surface area contributed by atoms with Crippen LogP contribution in [0.25, 0.3) is 215 Å². The van der Waals surface area contributed by atoms with Crippen molar-refractivity contribution in [1.29, 1.82) is 0 Å². The van der Waals surface area contributed by atoms with E-state index in [1.807, 2.05) is 6.07 Å². The molecule has 0 saturated heterocycles. The molecule has 0 aliphatic rings. The van der Waals surface area contributed by atoms with Crippen LogP contribution in [0.15, 0.2) is 327 Å². The van der Waals surface area contributed by atoms with Gasteiger partial charge in [-0.3, -0.25) is 0 Å². The Balaban J connectivity index is 0.715. The van der Waals surface area contributed by atoms with Gasteiger partial charge in [0.15, 0.2) is 22.3 Å². The number of para-hydroxylation sites is 10. The molecule has 0 fully saturated rings. The Morgan fingerprint density at radius 2 is 0.804 bits per heavy atom. The highest BCUT2D eigenvalue weighted by Crippen LogP contribution is 2.55.